The van der Waals surface area contributed by atoms with E-state index in [2.05, 4.69) is 0 Å². The molecule has 2 N–H and O–H groups in total. The molecule has 0 heterocycles. The lowest BCUT2D eigenvalue weighted by Crippen LogP contribution is -2.49. The number of carboxylic acids is 1. The lowest BCUT2D eigenvalue weighted by atomic mass is 9.85. The summed E-state index contributed by atoms with van der Waals surface area (Å²) in [5, 5.41) is 20.2. The van der Waals surface area contributed by atoms with Crippen LogP contribution in [0.25, 0.3) is 0 Å². The average Bonchev–Trinajstić information content (AvgIpc) is 2.63. The molecular weight excluding hydrogens is 355 g/mol. The van der Waals surface area contributed by atoms with Gasteiger partial charge in [-0.05, 0) is 30.5 Å². The van der Waals surface area contributed by atoms with Crippen molar-refractivity contribution >= 4 is 26.2 Å². The summed E-state index contributed by atoms with van der Waals surface area (Å²) in [6, 6.07) is 19.4. The Morgan fingerprint density at radius 3 is 2.24 bits per heavy atom. The van der Waals surface area contributed by atoms with Crippen molar-refractivity contribution < 1.29 is 19.6 Å². The summed E-state index contributed by atoms with van der Waals surface area (Å²) in [5.74, 6) is -1.39. The summed E-state index contributed by atoms with van der Waals surface area (Å²) in [6.45, 7) is 0. The van der Waals surface area contributed by atoms with Crippen LogP contribution in [0.4, 0.5) is 0 Å². The summed E-state index contributed by atoms with van der Waals surface area (Å²) in [4.78, 5) is 12.7. The van der Waals surface area contributed by atoms with Gasteiger partial charge in [-0.15, -0.1) is 11.8 Å². The van der Waals surface area contributed by atoms with Crippen LogP contribution >= 0.6 is 20.2 Å². The van der Waals surface area contributed by atoms with Crippen LogP contribution in [0.1, 0.15) is 12.0 Å². The second-order valence-electron chi connectivity index (χ2n) is 5.86. The SMILES string of the molecule is O=PCC(O)(C(=O)O)C(CCc1ccccc1)CSc1ccccc1. The number of hydrogen-bond donors (Lipinski definition) is 2. The highest BCUT2D eigenvalue weighted by atomic mass is 32.2. The standard InChI is InChI=1S/C19H21O4PS/c20-18(21)19(22,14-24-23)16(12-11-15-7-3-1-4-8-15)13-25-17-9-5-2-6-10-17/h1-10,16,22H,11-14H2,(H,20,21). The summed E-state index contributed by atoms with van der Waals surface area (Å²) in [7, 11) is -0.367. The molecule has 0 aromatic heterocycles. The van der Waals surface area contributed by atoms with Crippen molar-refractivity contribution in [1.29, 1.82) is 0 Å². The second kappa shape index (κ2) is 9.71. The highest BCUT2D eigenvalue weighted by Crippen LogP contribution is 2.32. The maximum absolute atomic E-state index is 11.7. The molecule has 4 nitrogen and oxygen atoms in total. The largest absolute Gasteiger partial charge is 0.479 e. The topological polar surface area (TPSA) is 74.6 Å². The summed E-state index contributed by atoms with van der Waals surface area (Å²) >= 11 is 1.51. The first-order chi connectivity index (χ1) is 12.1. The van der Waals surface area contributed by atoms with E-state index in [9.17, 15) is 19.6 Å². The molecule has 0 amide bonds. The van der Waals surface area contributed by atoms with E-state index >= 15 is 0 Å². The van der Waals surface area contributed by atoms with E-state index in [0.717, 1.165) is 10.5 Å². The van der Waals surface area contributed by atoms with E-state index in [0.29, 0.717) is 18.6 Å². The molecule has 0 aliphatic rings. The van der Waals surface area contributed by atoms with E-state index in [4.69, 9.17) is 0 Å². The Morgan fingerprint density at radius 2 is 1.68 bits per heavy atom. The molecule has 25 heavy (non-hydrogen) atoms. The van der Waals surface area contributed by atoms with Gasteiger partial charge in [0.15, 0.2) is 14.1 Å². The minimum Gasteiger partial charge on any atom is -0.479 e. The number of carbonyl (C=O) groups is 1. The number of benzene rings is 2. The Kier molecular flexibility index (Phi) is 7.63. The number of carboxylic acid groups (broad SMARTS) is 1. The molecule has 2 atom stereocenters. The van der Waals surface area contributed by atoms with E-state index in [-0.39, 0.29) is 14.6 Å². The molecule has 2 aromatic carbocycles. The van der Waals surface area contributed by atoms with Crippen molar-refractivity contribution in [3.63, 3.8) is 0 Å². The summed E-state index contributed by atoms with van der Waals surface area (Å²) in [6.07, 6.45) is 0.853. The second-order valence-corrected chi connectivity index (χ2v) is 7.53. The molecule has 0 aliphatic heterocycles. The fraction of sp³-hybridized carbons (Fsp3) is 0.316. The van der Waals surface area contributed by atoms with Gasteiger partial charge < -0.3 is 10.2 Å². The Labute approximate surface area is 153 Å². The number of thioether (sulfide) groups is 1. The van der Waals surface area contributed by atoms with Crippen LogP contribution in [0.2, 0.25) is 0 Å². The van der Waals surface area contributed by atoms with E-state index < -0.39 is 17.5 Å². The number of aliphatic hydroxyl groups is 1. The maximum atomic E-state index is 11.7. The normalized spacial score (nSPS) is 14.8. The third-order valence-corrected chi connectivity index (χ3v) is 5.96. The zero-order valence-corrected chi connectivity index (χ0v) is 15.5. The molecule has 132 valence electrons. The molecule has 0 bridgehead atoms. The molecular formula is C19H21O4PS. The molecule has 0 radical (unpaired) electrons. The first kappa shape index (κ1) is 19.6. The van der Waals surface area contributed by atoms with Gasteiger partial charge in [0.1, 0.15) is 0 Å². The number of aliphatic carboxylic acids is 1. The average molecular weight is 376 g/mol. The van der Waals surface area contributed by atoms with Crippen molar-refractivity contribution in [2.24, 2.45) is 5.92 Å². The van der Waals surface area contributed by atoms with Crippen molar-refractivity contribution in [3.8, 4) is 0 Å². The zero-order chi connectivity index (χ0) is 18.1. The predicted octanol–water partition coefficient (Wildman–Crippen LogP) is 4.14. The molecule has 6 heteroatoms. The van der Waals surface area contributed by atoms with Crippen LogP contribution in [0.15, 0.2) is 65.6 Å². The Hall–Kier alpha value is -1.68. The molecule has 2 aromatic rings. The number of hydrogen-bond acceptors (Lipinski definition) is 4. The van der Waals surface area contributed by atoms with Gasteiger partial charge in [-0.2, -0.15) is 0 Å². The van der Waals surface area contributed by atoms with Gasteiger partial charge in [0.05, 0.1) is 6.16 Å². The lowest BCUT2D eigenvalue weighted by molar-refractivity contribution is -0.161. The van der Waals surface area contributed by atoms with Crippen LogP contribution in [-0.4, -0.2) is 33.7 Å². The van der Waals surface area contributed by atoms with E-state index in [1.165, 1.54) is 11.8 Å². The fourth-order valence-electron chi connectivity index (χ4n) is 2.63. The molecule has 0 spiro atoms. The van der Waals surface area contributed by atoms with Gasteiger partial charge in [0.25, 0.3) is 0 Å². The van der Waals surface area contributed by atoms with E-state index in [1.807, 2.05) is 60.7 Å². The maximum Gasteiger partial charge on any atom is 0.336 e. The Morgan fingerprint density at radius 1 is 1.08 bits per heavy atom. The van der Waals surface area contributed by atoms with Gasteiger partial charge in [0.2, 0.25) is 0 Å². The van der Waals surface area contributed by atoms with Gasteiger partial charge in [-0.1, -0.05) is 48.5 Å². The third-order valence-electron chi connectivity index (χ3n) is 4.17. The van der Waals surface area contributed by atoms with Crippen molar-refractivity contribution in [2.75, 3.05) is 11.9 Å². The first-order valence-corrected chi connectivity index (χ1v) is 10.0. The summed E-state index contributed by atoms with van der Waals surface area (Å²) in [5.41, 5.74) is -0.913. The number of aryl methyl sites for hydroxylation is 1. The molecule has 2 unspecified atom stereocenters. The highest BCUT2D eigenvalue weighted by Gasteiger charge is 2.43. The number of rotatable bonds is 10. The van der Waals surface area contributed by atoms with Gasteiger partial charge >= 0.3 is 5.97 Å². The smallest absolute Gasteiger partial charge is 0.336 e. The molecule has 0 saturated heterocycles. The molecule has 0 aliphatic carbocycles. The van der Waals surface area contributed by atoms with Gasteiger partial charge in [0, 0.05) is 16.6 Å². The van der Waals surface area contributed by atoms with Gasteiger partial charge in [-0.25, -0.2) is 4.79 Å². The Bertz CT molecular complexity index is 637. The van der Waals surface area contributed by atoms with Crippen molar-refractivity contribution in [3.05, 3.63) is 66.2 Å². The minimum absolute atomic E-state index is 0.308. The first-order valence-electron chi connectivity index (χ1n) is 8.03. The van der Waals surface area contributed by atoms with E-state index in [1.54, 1.807) is 0 Å². The molecule has 0 fully saturated rings. The van der Waals surface area contributed by atoms with Gasteiger partial charge in [-0.3, -0.25) is 4.57 Å². The predicted molar refractivity (Wildman–Crippen MR) is 100 cm³/mol. The Balaban J connectivity index is 2.14. The lowest BCUT2D eigenvalue weighted by Gasteiger charge is -2.30. The highest BCUT2D eigenvalue weighted by molar-refractivity contribution is 7.99. The minimum atomic E-state index is -2.00. The van der Waals surface area contributed by atoms with Crippen LogP contribution in [0, 0.1) is 5.92 Å². The molecule has 2 rings (SSSR count). The van der Waals surface area contributed by atoms with Crippen LogP contribution < -0.4 is 0 Å². The van der Waals surface area contributed by atoms with Crippen molar-refractivity contribution in [2.45, 2.75) is 23.3 Å². The monoisotopic (exact) mass is 376 g/mol. The zero-order valence-electron chi connectivity index (χ0n) is 13.7. The fourth-order valence-corrected chi connectivity index (χ4v) is 4.40. The van der Waals surface area contributed by atoms with Crippen LogP contribution in [0.3, 0.4) is 0 Å². The third kappa shape index (κ3) is 5.67. The van der Waals surface area contributed by atoms with Crippen LogP contribution in [-0.2, 0) is 15.8 Å². The van der Waals surface area contributed by atoms with Crippen LogP contribution in [0.5, 0.6) is 0 Å². The molecule has 0 saturated carbocycles. The quantitative estimate of drug-likeness (QED) is 0.482. The summed E-state index contributed by atoms with van der Waals surface area (Å²) < 4.78 is 11.0. The van der Waals surface area contributed by atoms with Crippen molar-refractivity contribution in [1.82, 2.24) is 0 Å².